The molecule has 0 radical (unpaired) electrons. The SMILES string of the molecule is CCCCOCCNCCOCc1ccc(Br)cc1. The Morgan fingerprint density at radius 1 is 1.00 bits per heavy atom. The van der Waals surface area contributed by atoms with Crippen LogP contribution in [0.3, 0.4) is 0 Å². The van der Waals surface area contributed by atoms with Gasteiger partial charge in [-0.05, 0) is 24.1 Å². The fourth-order valence-corrected chi connectivity index (χ4v) is 1.80. The Hall–Kier alpha value is -0.420. The molecule has 0 heterocycles. The van der Waals surface area contributed by atoms with Crippen LogP contribution in [0, 0.1) is 0 Å². The van der Waals surface area contributed by atoms with Gasteiger partial charge in [0.15, 0.2) is 0 Å². The van der Waals surface area contributed by atoms with E-state index >= 15 is 0 Å². The Kier molecular flexibility index (Phi) is 9.99. The van der Waals surface area contributed by atoms with Gasteiger partial charge < -0.3 is 14.8 Å². The zero-order valence-electron chi connectivity index (χ0n) is 11.7. The summed E-state index contributed by atoms with van der Waals surface area (Å²) in [5.74, 6) is 0. The molecule has 0 saturated carbocycles. The second-order valence-electron chi connectivity index (χ2n) is 4.39. The fraction of sp³-hybridized carbons (Fsp3) is 0.600. The van der Waals surface area contributed by atoms with Gasteiger partial charge in [0.1, 0.15) is 0 Å². The average molecular weight is 330 g/mol. The third-order valence-corrected chi connectivity index (χ3v) is 3.20. The van der Waals surface area contributed by atoms with Gasteiger partial charge in [0, 0.05) is 24.2 Å². The van der Waals surface area contributed by atoms with Crippen molar-refractivity contribution in [3.05, 3.63) is 34.3 Å². The first-order chi connectivity index (χ1) is 9.33. The van der Waals surface area contributed by atoms with Gasteiger partial charge in [-0.2, -0.15) is 0 Å². The largest absolute Gasteiger partial charge is 0.380 e. The van der Waals surface area contributed by atoms with Crippen molar-refractivity contribution in [2.24, 2.45) is 0 Å². The lowest BCUT2D eigenvalue weighted by molar-refractivity contribution is 0.112. The number of hydrogen-bond donors (Lipinski definition) is 1. The van der Waals surface area contributed by atoms with Crippen molar-refractivity contribution in [2.45, 2.75) is 26.4 Å². The van der Waals surface area contributed by atoms with E-state index in [2.05, 4.69) is 40.3 Å². The smallest absolute Gasteiger partial charge is 0.0717 e. The maximum absolute atomic E-state index is 5.59. The van der Waals surface area contributed by atoms with E-state index in [-0.39, 0.29) is 0 Å². The third-order valence-electron chi connectivity index (χ3n) is 2.67. The molecule has 0 amide bonds. The van der Waals surface area contributed by atoms with Crippen LogP contribution in [-0.2, 0) is 16.1 Å². The molecule has 0 spiro atoms. The van der Waals surface area contributed by atoms with Crippen LogP contribution < -0.4 is 5.32 Å². The van der Waals surface area contributed by atoms with E-state index in [0.717, 1.165) is 43.8 Å². The van der Waals surface area contributed by atoms with Crippen molar-refractivity contribution < 1.29 is 9.47 Å². The highest BCUT2D eigenvalue weighted by Gasteiger charge is 1.94. The molecule has 3 nitrogen and oxygen atoms in total. The summed E-state index contributed by atoms with van der Waals surface area (Å²) in [5, 5.41) is 3.30. The van der Waals surface area contributed by atoms with E-state index in [4.69, 9.17) is 9.47 Å². The number of halogens is 1. The van der Waals surface area contributed by atoms with Gasteiger partial charge in [0.2, 0.25) is 0 Å². The van der Waals surface area contributed by atoms with Crippen LogP contribution in [0.5, 0.6) is 0 Å². The van der Waals surface area contributed by atoms with Gasteiger partial charge in [-0.1, -0.05) is 41.4 Å². The number of benzene rings is 1. The normalized spacial score (nSPS) is 10.8. The molecule has 0 atom stereocenters. The molecular formula is C15H24BrNO2. The average Bonchev–Trinajstić information content (AvgIpc) is 2.43. The van der Waals surface area contributed by atoms with Gasteiger partial charge in [-0.15, -0.1) is 0 Å². The van der Waals surface area contributed by atoms with Crippen LogP contribution in [0.4, 0.5) is 0 Å². The molecule has 0 saturated heterocycles. The molecule has 1 rings (SSSR count). The highest BCUT2D eigenvalue weighted by atomic mass is 79.9. The Balaban J connectivity index is 1.87. The minimum absolute atomic E-state index is 0.669. The maximum Gasteiger partial charge on any atom is 0.0717 e. The molecule has 1 N–H and O–H groups in total. The lowest BCUT2D eigenvalue weighted by atomic mass is 10.2. The Bertz CT molecular complexity index is 316. The molecule has 0 aliphatic rings. The van der Waals surface area contributed by atoms with Crippen molar-refractivity contribution in [3.63, 3.8) is 0 Å². The molecule has 19 heavy (non-hydrogen) atoms. The third kappa shape index (κ3) is 9.16. The molecule has 0 bridgehead atoms. The summed E-state index contributed by atoms with van der Waals surface area (Å²) in [7, 11) is 0. The molecule has 0 unspecified atom stereocenters. The predicted molar refractivity (Wildman–Crippen MR) is 82.4 cm³/mol. The van der Waals surface area contributed by atoms with E-state index < -0.39 is 0 Å². The second-order valence-corrected chi connectivity index (χ2v) is 5.31. The van der Waals surface area contributed by atoms with Gasteiger partial charge in [0.25, 0.3) is 0 Å². The standard InChI is InChI=1S/C15H24BrNO2/c1-2-3-10-18-11-8-17-9-12-19-13-14-4-6-15(16)7-5-14/h4-7,17H,2-3,8-13H2,1H3. The second kappa shape index (κ2) is 11.4. The van der Waals surface area contributed by atoms with Crippen molar-refractivity contribution >= 4 is 15.9 Å². The maximum atomic E-state index is 5.59. The molecule has 0 aliphatic carbocycles. The summed E-state index contributed by atoms with van der Waals surface area (Å²) in [6, 6.07) is 8.20. The van der Waals surface area contributed by atoms with Crippen LogP contribution in [0.2, 0.25) is 0 Å². The number of hydrogen-bond acceptors (Lipinski definition) is 3. The molecule has 108 valence electrons. The zero-order chi connectivity index (χ0) is 13.8. The van der Waals surface area contributed by atoms with E-state index in [1.54, 1.807) is 0 Å². The summed E-state index contributed by atoms with van der Waals surface area (Å²) in [5.41, 5.74) is 1.20. The highest BCUT2D eigenvalue weighted by Crippen LogP contribution is 2.10. The van der Waals surface area contributed by atoms with Gasteiger partial charge in [-0.25, -0.2) is 0 Å². The summed E-state index contributed by atoms with van der Waals surface area (Å²) >= 11 is 3.42. The van der Waals surface area contributed by atoms with Gasteiger partial charge in [0.05, 0.1) is 19.8 Å². The van der Waals surface area contributed by atoms with Crippen LogP contribution in [0.25, 0.3) is 0 Å². The summed E-state index contributed by atoms with van der Waals surface area (Å²) in [6.07, 6.45) is 2.34. The number of unbranched alkanes of at least 4 members (excludes halogenated alkanes) is 1. The Labute approximate surface area is 124 Å². The van der Waals surface area contributed by atoms with Crippen molar-refractivity contribution in [2.75, 3.05) is 32.9 Å². The molecule has 1 aromatic rings. The first kappa shape index (κ1) is 16.6. The van der Waals surface area contributed by atoms with Gasteiger partial charge in [-0.3, -0.25) is 0 Å². The van der Waals surface area contributed by atoms with Crippen LogP contribution >= 0.6 is 15.9 Å². The first-order valence-corrected chi connectivity index (χ1v) is 7.73. The molecule has 4 heteroatoms. The Morgan fingerprint density at radius 3 is 2.37 bits per heavy atom. The minimum atomic E-state index is 0.669. The minimum Gasteiger partial charge on any atom is -0.380 e. The molecule has 0 aliphatic heterocycles. The monoisotopic (exact) mass is 329 g/mol. The number of rotatable bonds is 11. The summed E-state index contributed by atoms with van der Waals surface area (Å²) in [6.45, 7) is 6.99. The zero-order valence-corrected chi connectivity index (χ0v) is 13.2. The highest BCUT2D eigenvalue weighted by molar-refractivity contribution is 9.10. The number of ether oxygens (including phenoxy) is 2. The van der Waals surface area contributed by atoms with Crippen molar-refractivity contribution in [1.29, 1.82) is 0 Å². The fourth-order valence-electron chi connectivity index (χ4n) is 1.53. The molecule has 0 fully saturated rings. The van der Waals surface area contributed by atoms with Crippen LogP contribution in [0.15, 0.2) is 28.7 Å². The molecular weight excluding hydrogens is 306 g/mol. The van der Waals surface area contributed by atoms with Crippen LogP contribution in [-0.4, -0.2) is 32.9 Å². The predicted octanol–water partition coefficient (Wildman–Crippen LogP) is 3.37. The lowest BCUT2D eigenvalue weighted by Crippen LogP contribution is -2.24. The van der Waals surface area contributed by atoms with E-state index in [9.17, 15) is 0 Å². The van der Waals surface area contributed by atoms with E-state index in [1.165, 1.54) is 12.0 Å². The summed E-state index contributed by atoms with van der Waals surface area (Å²) < 4.78 is 12.1. The summed E-state index contributed by atoms with van der Waals surface area (Å²) in [4.78, 5) is 0. The molecule has 1 aromatic carbocycles. The lowest BCUT2D eigenvalue weighted by Gasteiger charge is -2.07. The quantitative estimate of drug-likeness (QED) is 0.631. The molecule has 0 aromatic heterocycles. The van der Waals surface area contributed by atoms with E-state index in [0.29, 0.717) is 6.61 Å². The first-order valence-electron chi connectivity index (χ1n) is 6.93. The van der Waals surface area contributed by atoms with Gasteiger partial charge >= 0.3 is 0 Å². The Morgan fingerprint density at radius 2 is 1.68 bits per heavy atom. The van der Waals surface area contributed by atoms with E-state index in [1.807, 2.05) is 12.1 Å². The number of nitrogens with one attached hydrogen (secondary N) is 1. The topological polar surface area (TPSA) is 30.5 Å². The van der Waals surface area contributed by atoms with Crippen LogP contribution in [0.1, 0.15) is 25.3 Å². The van der Waals surface area contributed by atoms with Crippen molar-refractivity contribution in [3.8, 4) is 0 Å². The van der Waals surface area contributed by atoms with Crippen molar-refractivity contribution in [1.82, 2.24) is 5.32 Å².